The number of thiophene rings is 1. The molecular weight excluding hydrogens is 314 g/mol. The molecule has 5 heteroatoms. The van der Waals surface area contributed by atoms with Gasteiger partial charge in [0.15, 0.2) is 0 Å². The van der Waals surface area contributed by atoms with Gasteiger partial charge >= 0.3 is 0 Å². The SMILES string of the molecule is Cc1ccc(/C=C/C(=O)NCc2ccc(Br)s2)o1. The standard InChI is InChI=1S/C13H12BrNO2S/c1-9-2-3-10(17-9)4-7-13(16)15-8-11-5-6-12(14)18-11/h2-7H,8H2,1H3,(H,15,16)/b7-4+. The second-order valence-electron chi connectivity index (χ2n) is 3.71. The molecule has 1 amide bonds. The lowest BCUT2D eigenvalue weighted by molar-refractivity contribution is -0.116. The van der Waals surface area contributed by atoms with Crippen molar-refractivity contribution >= 4 is 39.2 Å². The molecule has 18 heavy (non-hydrogen) atoms. The predicted molar refractivity (Wildman–Crippen MR) is 76.3 cm³/mol. The summed E-state index contributed by atoms with van der Waals surface area (Å²) in [5.41, 5.74) is 0. The summed E-state index contributed by atoms with van der Waals surface area (Å²) in [7, 11) is 0. The van der Waals surface area contributed by atoms with Crippen molar-refractivity contribution in [3.05, 3.63) is 50.5 Å². The fraction of sp³-hybridized carbons (Fsp3) is 0.154. The van der Waals surface area contributed by atoms with Crippen LogP contribution < -0.4 is 5.32 Å². The molecule has 3 nitrogen and oxygen atoms in total. The van der Waals surface area contributed by atoms with Crippen LogP contribution >= 0.6 is 27.3 Å². The zero-order valence-electron chi connectivity index (χ0n) is 9.77. The van der Waals surface area contributed by atoms with Gasteiger partial charge in [0.05, 0.1) is 10.3 Å². The van der Waals surface area contributed by atoms with Crippen molar-refractivity contribution in [1.82, 2.24) is 5.32 Å². The van der Waals surface area contributed by atoms with Crippen LogP contribution in [0.1, 0.15) is 16.4 Å². The monoisotopic (exact) mass is 325 g/mol. The van der Waals surface area contributed by atoms with E-state index in [4.69, 9.17) is 4.42 Å². The Morgan fingerprint density at radius 2 is 2.28 bits per heavy atom. The molecule has 0 fully saturated rings. The first-order valence-electron chi connectivity index (χ1n) is 5.40. The van der Waals surface area contributed by atoms with Crippen LogP contribution in [0.5, 0.6) is 0 Å². The van der Waals surface area contributed by atoms with E-state index in [2.05, 4.69) is 21.2 Å². The lowest BCUT2D eigenvalue weighted by Crippen LogP contribution is -2.19. The number of hydrogen-bond donors (Lipinski definition) is 1. The molecule has 0 saturated heterocycles. The number of hydrogen-bond acceptors (Lipinski definition) is 3. The number of amides is 1. The third kappa shape index (κ3) is 3.85. The van der Waals surface area contributed by atoms with E-state index in [1.165, 1.54) is 6.08 Å². The van der Waals surface area contributed by atoms with Crippen LogP contribution in [0.4, 0.5) is 0 Å². The highest BCUT2D eigenvalue weighted by atomic mass is 79.9. The van der Waals surface area contributed by atoms with E-state index >= 15 is 0 Å². The minimum absolute atomic E-state index is 0.131. The maximum absolute atomic E-state index is 11.6. The third-order valence-electron chi connectivity index (χ3n) is 2.23. The van der Waals surface area contributed by atoms with Gasteiger partial charge in [-0.3, -0.25) is 4.79 Å². The summed E-state index contributed by atoms with van der Waals surface area (Å²) >= 11 is 4.99. The minimum Gasteiger partial charge on any atom is -0.462 e. The average Bonchev–Trinajstić information content (AvgIpc) is 2.93. The maximum Gasteiger partial charge on any atom is 0.244 e. The number of furan rings is 1. The molecule has 0 bridgehead atoms. The molecule has 0 unspecified atom stereocenters. The molecule has 1 N–H and O–H groups in total. The van der Waals surface area contributed by atoms with Gasteiger partial charge in [-0.2, -0.15) is 0 Å². The zero-order valence-corrected chi connectivity index (χ0v) is 12.2. The highest BCUT2D eigenvalue weighted by Crippen LogP contribution is 2.21. The number of rotatable bonds is 4. The molecule has 0 aliphatic heterocycles. The van der Waals surface area contributed by atoms with Crippen LogP contribution in [0.3, 0.4) is 0 Å². The van der Waals surface area contributed by atoms with E-state index in [1.54, 1.807) is 17.4 Å². The third-order valence-corrected chi connectivity index (χ3v) is 3.85. The molecule has 2 aromatic heterocycles. The molecule has 0 spiro atoms. The largest absolute Gasteiger partial charge is 0.462 e. The fourth-order valence-corrected chi connectivity index (χ4v) is 2.80. The smallest absolute Gasteiger partial charge is 0.244 e. The van der Waals surface area contributed by atoms with Gasteiger partial charge in [0, 0.05) is 11.0 Å². The maximum atomic E-state index is 11.6. The molecule has 2 aromatic rings. The van der Waals surface area contributed by atoms with Crippen LogP contribution in [0.25, 0.3) is 6.08 Å². The van der Waals surface area contributed by atoms with Crippen molar-refractivity contribution in [3.8, 4) is 0 Å². The first-order valence-corrected chi connectivity index (χ1v) is 7.01. The van der Waals surface area contributed by atoms with E-state index < -0.39 is 0 Å². The van der Waals surface area contributed by atoms with Crippen molar-refractivity contribution in [3.63, 3.8) is 0 Å². The Balaban J connectivity index is 1.83. The molecule has 2 rings (SSSR count). The molecule has 0 radical (unpaired) electrons. The van der Waals surface area contributed by atoms with E-state index in [1.807, 2.05) is 31.2 Å². The van der Waals surface area contributed by atoms with Crippen molar-refractivity contribution in [2.24, 2.45) is 0 Å². The summed E-state index contributed by atoms with van der Waals surface area (Å²) in [5, 5.41) is 2.81. The number of carbonyl (C=O) groups excluding carboxylic acids is 1. The summed E-state index contributed by atoms with van der Waals surface area (Å²) < 4.78 is 6.39. The number of aryl methyl sites for hydroxylation is 1. The quantitative estimate of drug-likeness (QED) is 0.870. The van der Waals surface area contributed by atoms with Gasteiger partial charge in [-0.05, 0) is 53.2 Å². The molecule has 0 aliphatic carbocycles. The lowest BCUT2D eigenvalue weighted by atomic mass is 10.3. The van der Waals surface area contributed by atoms with Gasteiger partial charge in [-0.1, -0.05) is 0 Å². The topological polar surface area (TPSA) is 42.2 Å². The van der Waals surface area contributed by atoms with Gasteiger partial charge in [-0.15, -0.1) is 11.3 Å². The van der Waals surface area contributed by atoms with Crippen LogP contribution in [-0.2, 0) is 11.3 Å². The van der Waals surface area contributed by atoms with Crippen molar-refractivity contribution in [2.45, 2.75) is 13.5 Å². The van der Waals surface area contributed by atoms with Gasteiger partial charge in [0.25, 0.3) is 0 Å². The van der Waals surface area contributed by atoms with Crippen LogP contribution in [0.15, 0.2) is 38.5 Å². The Hall–Kier alpha value is -1.33. The van der Waals surface area contributed by atoms with E-state index in [0.717, 1.165) is 14.4 Å². The van der Waals surface area contributed by atoms with Crippen molar-refractivity contribution in [1.29, 1.82) is 0 Å². The summed E-state index contributed by atoms with van der Waals surface area (Å²) in [5.74, 6) is 1.38. The molecule has 94 valence electrons. The Kier molecular flexibility index (Phi) is 4.38. The van der Waals surface area contributed by atoms with Gasteiger partial charge < -0.3 is 9.73 Å². The summed E-state index contributed by atoms with van der Waals surface area (Å²) in [6.07, 6.45) is 3.13. The second kappa shape index (κ2) is 6.02. The van der Waals surface area contributed by atoms with Gasteiger partial charge in [0.1, 0.15) is 11.5 Å². The highest BCUT2D eigenvalue weighted by molar-refractivity contribution is 9.11. The second-order valence-corrected chi connectivity index (χ2v) is 6.25. The number of carbonyl (C=O) groups is 1. The molecular formula is C13H12BrNO2S. The highest BCUT2D eigenvalue weighted by Gasteiger charge is 2.00. The fourth-order valence-electron chi connectivity index (χ4n) is 1.38. The summed E-state index contributed by atoms with van der Waals surface area (Å²) in [4.78, 5) is 12.7. The molecule has 0 saturated carbocycles. The van der Waals surface area contributed by atoms with Crippen molar-refractivity contribution in [2.75, 3.05) is 0 Å². The Labute approximate surface area is 118 Å². The average molecular weight is 326 g/mol. The minimum atomic E-state index is -0.131. The first kappa shape index (κ1) is 13.1. The molecule has 0 aromatic carbocycles. The Morgan fingerprint density at radius 3 is 2.89 bits per heavy atom. The number of halogens is 1. The van der Waals surface area contributed by atoms with Crippen molar-refractivity contribution < 1.29 is 9.21 Å². The predicted octanol–water partition coefficient (Wildman–Crippen LogP) is 3.74. The molecule has 0 atom stereocenters. The van der Waals surface area contributed by atoms with E-state index in [9.17, 15) is 4.79 Å². The van der Waals surface area contributed by atoms with E-state index in [-0.39, 0.29) is 5.91 Å². The summed E-state index contributed by atoms with van der Waals surface area (Å²) in [6.45, 7) is 2.41. The van der Waals surface area contributed by atoms with Crippen LogP contribution in [-0.4, -0.2) is 5.91 Å². The first-order chi connectivity index (χ1) is 8.63. The lowest BCUT2D eigenvalue weighted by Gasteiger charge is -1.98. The number of nitrogens with one attached hydrogen (secondary N) is 1. The molecule has 0 aliphatic rings. The van der Waals surface area contributed by atoms with Gasteiger partial charge in [0.2, 0.25) is 5.91 Å². The van der Waals surface area contributed by atoms with Gasteiger partial charge in [-0.25, -0.2) is 0 Å². The molecule has 2 heterocycles. The zero-order chi connectivity index (χ0) is 13.0. The van der Waals surface area contributed by atoms with Crippen LogP contribution in [0.2, 0.25) is 0 Å². The normalized spacial score (nSPS) is 11.0. The van der Waals surface area contributed by atoms with E-state index in [0.29, 0.717) is 12.3 Å². The Bertz CT molecular complexity index is 571. The Morgan fingerprint density at radius 1 is 1.44 bits per heavy atom. The van der Waals surface area contributed by atoms with Crippen LogP contribution in [0, 0.1) is 6.92 Å². The summed E-state index contributed by atoms with van der Waals surface area (Å²) in [6, 6.07) is 7.64.